The van der Waals surface area contributed by atoms with Crippen LogP contribution in [-0.2, 0) is 0 Å². The molecule has 0 aliphatic heterocycles. The van der Waals surface area contributed by atoms with Crippen LogP contribution in [0.3, 0.4) is 0 Å². The van der Waals surface area contributed by atoms with E-state index in [1.54, 1.807) is 6.20 Å². The fourth-order valence-corrected chi connectivity index (χ4v) is 2.06. The highest BCUT2D eigenvalue weighted by Crippen LogP contribution is 2.22. The Balaban J connectivity index is 1.80. The van der Waals surface area contributed by atoms with Crippen LogP contribution in [0.25, 0.3) is 11.3 Å². The van der Waals surface area contributed by atoms with Gasteiger partial charge in [-0.1, -0.05) is 41.4 Å². The summed E-state index contributed by atoms with van der Waals surface area (Å²) in [4.78, 5) is 7.58. The van der Waals surface area contributed by atoms with Gasteiger partial charge in [0.15, 0.2) is 0 Å². The molecule has 0 radical (unpaired) electrons. The lowest BCUT2D eigenvalue weighted by atomic mass is 10.2. The molecule has 1 aromatic heterocycles. The van der Waals surface area contributed by atoms with Crippen LogP contribution in [0.5, 0.6) is 0 Å². The lowest BCUT2D eigenvalue weighted by molar-refractivity contribution is 1.28. The first-order valence-electron chi connectivity index (χ1n) is 6.35. The van der Waals surface area contributed by atoms with Gasteiger partial charge in [0.2, 0.25) is 5.95 Å². The number of nitrogens with zero attached hydrogens (tertiary/aromatic N) is 1. The van der Waals surface area contributed by atoms with Gasteiger partial charge in [0.05, 0.1) is 11.9 Å². The zero-order valence-corrected chi connectivity index (χ0v) is 11.8. The van der Waals surface area contributed by atoms with Crippen molar-refractivity contribution in [1.82, 2.24) is 9.97 Å². The summed E-state index contributed by atoms with van der Waals surface area (Å²) >= 11 is 5.89. The van der Waals surface area contributed by atoms with Gasteiger partial charge in [-0.25, -0.2) is 4.98 Å². The van der Waals surface area contributed by atoms with Crippen LogP contribution >= 0.6 is 11.6 Å². The van der Waals surface area contributed by atoms with E-state index in [0.29, 0.717) is 0 Å². The van der Waals surface area contributed by atoms with Gasteiger partial charge in [0.25, 0.3) is 0 Å². The molecule has 20 heavy (non-hydrogen) atoms. The number of aromatic nitrogens is 2. The molecule has 0 bridgehead atoms. The number of rotatable bonds is 3. The standard InChI is InChI=1S/C16H14ClN3/c1-11-2-8-14(9-3-11)19-16-18-10-15(20-16)12-4-6-13(17)7-5-12/h2-10H,1H3,(H2,18,19,20). The Kier molecular flexibility index (Phi) is 3.44. The summed E-state index contributed by atoms with van der Waals surface area (Å²) in [7, 11) is 0. The maximum atomic E-state index is 5.89. The number of hydrogen-bond acceptors (Lipinski definition) is 2. The molecule has 3 nitrogen and oxygen atoms in total. The fourth-order valence-electron chi connectivity index (χ4n) is 1.93. The molecule has 3 rings (SSSR count). The molecule has 0 aliphatic carbocycles. The van der Waals surface area contributed by atoms with Gasteiger partial charge < -0.3 is 10.3 Å². The first-order chi connectivity index (χ1) is 9.70. The van der Waals surface area contributed by atoms with Crippen molar-refractivity contribution >= 4 is 23.2 Å². The quantitative estimate of drug-likeness (QED) is 0.726. The molecule has 0 saturated heterocycles. The lowest BCUT2D eigenvalue weighted by Gasteiger charge is -2.03. The number of hydrogen-bond donors (Lipinski definition) is 2. The molecular weight excluding hydrogens is 270 g/mol. The molecular formula is C16H14ClN3. The summed E-state index contributed by atoms with van der Waals surface area (Å²) in [5, 5.41) is 3.97. The van der Waals surface area contributed by atoms with E-state index in [9.17, 15) is 0 Å². The largest absolute Gasteiger partial charge is 0.326 e. The van der Waals surface area contributed by atoms with Crippen molar-refractivity contribution in [3.63, 3.8) is 0 Å². The third-order valence-corrected chi connectivity index (χ3v) is 3.30. The zero-order chi connectivity index (χ0) is 13.9. The van der Waals surface area contributed by atoms with Crippen molar-refractivity contribution in [2.45, 2.75) is 6.92 Å². The topological polar surface area (TPSA) is 40.7 Å². The van der Waals surface area contributed by atoms with Crippen LogP contribution in [0.1, 0.15) is 5.56 Å². The van der Waals surface area contributed by atoms with Crippen molar-refractivity contribution in [2.24, 2.45) is 0 Å². The molecule has 0 atom stereocenters. The highest BCUT2D eigenvalue weighted by Gasteiger charge is 2.03. The number of halogens is 1. The molecule has 0 aliphatic rings. The molecule has 2 aromatic carbocycles. The second-order valence-electron chi connectivity index (χ2n) is 4.64. The average Bonchev–Trinajstić information content (AvgIpc) is 2.91. The molecule has 0 fully saturated rings. The van der Waals surface area contributed by atoms with Crippen LogP contribution < -0.4 is 5.32 Å². The number of aryl methyl sites for hydroxylation is 1. The summed E-state index contributed by atoms with van der Waals surface area (Å²) < 4.78 is 0. The van der Waals surface area contributed by atoms with E-state index in [1.165, 1.54) is 5.56 Å². The molecule has 0 amide bonds. The van der Waals surface area contributed by atoms with Gasteiger partial charge in [0.1, 0.15) is 0 Å². The van der Waals surface area contributed by atoms with E-state index >= 15 is 0 Å². The normalized spacial score (nSPS) is 10.5. The fraction of sp³-hybridized carbons (Fsp3) is 0.0625. The number of benzene rings is 2. The van der Waals surface area contributed by atoms with Crippen LogP contribution in [0.15, 0.2) is 54.7 Å². The number of imidazole rings is 1. The second kappa shape index (κ2) is 5.39. The van der Waals surface area contributed by atoms with Crippen LogP contribution in [0.2, 0.25) is 5.02 Å². The van der Waals surface area contributed by atoms with Crippen molar-refractivity contribution in [3.05, 3.63) is 65.3 Å². The first kappa shape index (κ1) is 12.8. The van der Waals surface area contributed by atoms with E-state index in [1.807, 2.05) is 36.4 Å². The Morgan fingerprint density at radius 1 is 1.00 bits per heavy atom. The Bertz CT molecular complexity index is 699. The minimum Gasteiger partial charge on any atom is -0.326 e. The summed E-state index contributed by atoms with van der Waals surface area (Å²) in [6, 6.07) is 15.8. The third-order valence-electron chi connectivity index (χ3n) is 3.05. The van der Waals surface area contributed by atoms with Gasteiger partial charge in [-0.3, -0.25) is 0 Å². The summed E-state index contributed by atoms with van der Waals surface area (Å²) in [6.45, 7) is 2.06. The van der Waals surface area contributed by atoms with Gasteiger partial charge in [-0.15, -0.1) is 0 Å². The molecule has 0 unspecified atom stereocenters. The predicted octanol–water partition coefficient (Wildman–Crippen LogP) is 4.78. The van der Waals surface area contributed by atoms with Gasteiger partial charge in [-0.2, -0.15) is 0 Å². The van der Waals surface area contributed by atoms with E-state index < -0.39 is 0 Å². The number of nitrogens with one attached hydrogen (secondary N) is 2. The minimum atomic E-state index is 0.721. The molecule has 0 spiro atoms. The smallest absolute Gasteiger partial charge is 0.205 e. The zero-order valence-electron chi connectivity index (χ0n) is 11.0. The SMILES string of the molecule is Cc1ccc(Nc2ncc(-c3ccc(Cl)cc3)[nH]2)cc1. The minimum absolute atomic E-state index is 0.721. The molecule has 1 heterocycles. The molecule has 4 heteroatoms. The number of H-pyrrole nitrogens is 1. The summed E-state index contributed by atoms with van der Waals surface area (Å²) in [6.07, 6.45) is 1.81. The Labute approximate surface area is 122 Å². The monoisotopic (exact) mass is 283 g/mol. The highest BCUT2D eigenvalue weighted by atomic mass is 35.5. The second-order valence-corrected chi connectivity index (χ2v) is 5.08. The van der Waals surface area contributed by atoms with Crippen molar-refractivity contribution < 1.29 is 0 Å². The van der Waals surface area contributed by atoms with Gasteiger partial charge >= 0.3 is 0 Å². The van der Waals surface area contributed by atoms with Gasteiger partial charge in [0, 0.05) is 10.7 Å². The van der Waals surface area contributed by atoms with Crippen LogP contribution in [0.4, 0.5) is 11.6 Å². The van der Waals surface area contributed by atoms with E-state index in [2.05, 4.69) is 34.3 Å². The van der Waals surface area contributed by atoms with Crippen molar-refractivity contribution in [1.29, 1.82) is 0 Å². The summed E-state index contributed by atoms with van der Waals surface area (Å²) in [5.41, 5.74) is 4.25. The third kappa shape index (κ3) is 2.83. The maximum absolute atomic E-state index is 5.89. The van der Waals surface area contributed by atoms with E-state index in [4.69, 9.17) is 11.6 Å². The molecule has 0 saturated carbocycles. The number of aromatic amines is 1. The Morgan fingerprint density at radius 3 is 2.40 bits per heavy atom. The van der Waals surface area contributed by atoms with Crippen LogP contribution in [-0.4, -0.2) is 9.97 Å². The average molecular weight is 284 g/mol. The molecule has 100 valence electrons. The maximum Gasteiger partial charge on any atom is 0.205 e. The Morgan fingerprint density at radius 2 is 1.70 bits per heavy atom. The van der Waals surface area contributed by atoms with Crippen molar-refractivity contribution in [3.8, 4) is 11.3 Å². The van der Waals surface area contributed by atoms with Crippen molar-refractivity contribution in [2.75, 3.05) is 5.32 Å². The molecule has 3 aromatic rings. The Hall–Kier alpha value is -2.26. The van der Waals surface area contributed by atoms with E-state index in [-0.39, 0.29) is 0 Å². The highest BCUT2D eigenvalue weighted by molar-refractivity contribution is 6.30. The van der Waals surface area contributed by atoms with Crippen LogP contribution in [0, 0.1) is 6.92 Å². The lowest BCUT2D eigenvalue weighted by Crippen LogP contribution is -1.92. The first-order valence-corrected chi connectivity index (χ1v) is 6.73. The summed E-state index contributed by atoms with van der Waals surface area (Å²) in [5.74, 6) is 0.721. The molecule has 2 N–H and O–H groups in total. The number of anilines is 2. The predicted molar refractivity (Wildman–Crippen MR) is 83.5 cm³/mol. The van der Waals surface area contributed by atoms with E-state index in [0.717, 1.165) is 27.9 Å². The van der Waals surface area contributed by atoms with Gasteiger partial charge in [-0.05, 0) is 36.8 Å².